The lowest BCUT2D eigenvalue weighted by Crippen LogP contribution is -2.43. The van der Waals surface area contributed by atoms with Gasteiger partial charge in [0.25, 0.3) is 0 Å². The quantitative estimate of drug-likeness (QED) is 0.787. The smallest absolute Gasteiger partial charge is 0.323 e. The van der Waals surface area contributed by atoms with Crippen LogP contribution in [0.3, 0.4) is 0 Å². The topological polar surface area (TPSA) is 38.3 Å². The van der Waals surface area contributed by atoms with Gasteiger partial charge in [0.2, 0.25) is 0 Å². The zero-order valence-electron chi connectivity index (χ0n) is 11.6. The van der Waals surface area contributed by atoms with Crippen molar-refractivity contribution in [1.29, 1.82) is 0 Å². The summed E-state index contributed by atoms with van der Waals surface area (Å²) in [6, 6.07) is 10.1. The second kappa shape index (κ2) is 7.17. The summed E-state index contributed by atoms with van der Waals surface area (Å²) >= 11 is 0. The van der Waals surface area contributed by atoms with Crippen LogP contribution in [-0.4, -0.2) is 25.7 Å². The Morgan fingerprint density at radius 3 is 2.33 bits per heavy atom. The molecule has 0 amide bonds. The monoisotopic (exact) mass is 249 g/mol. The number of hydrogen-bond acceptors (Lipinski definition) is 3. The van der Waals surface area contributed by atoms with E-state index in [-0.39, 0.29) is 17.9 Å². The molecule has 0 fully saturated rings. The van der Waals surface area contributed by atoms with E-state index >= 15 is 0 Å². The predicted molar refractivity (Wildman–Crippen MR) is 73.5 cm³/mol. The van der Waals surface area contributed by atoms with Crippen LogP contribution in [0.25, 0.3) is 0 Å². The summed E-state index contributed by atoms with van der Waals surface area (Å²) in [6.45, 7) is 6.95. The van der Waals surface area contributed by atoms with Gasteiger partial charge in [-0.2, -0.15) is 0 Å². The summed E-state index contributed by atoms with van der Waals surface area (Å²) in [6.07, 6.45) is 0. The Hall–Kier alpha value is -1.35. The first-order valence-corrected chi connectivity index (χ1v) is 6.42. The minimum Gasteiger partial charge on any atom is -0.468 e. The number of benzene rings is 1. The van der Waals surface area contributed by atoms with Gasteiger partial charge in [-0.3, -0.25) is 4.79 Å². The molecule has 0 spiro atoms. The maximum Gasteiger partial charge on any atom is 0.323 e. The number of ether oxygens (including phenoxy) is 1. The predicted octanol–water partition coefficient (Wildman–Crippen LogP) is 2.58. The molecule has 0 aromatic heterocycles. The van der Waals surface area contributed by atoms with Crippen molar-refractivity contribution < 1.29 is 9.53 Å². The highest BCUT2D eigenvalue weighted by molar-refractivity contribution is 5.75. The van der Waals surface area contributed by atoms with Crippen LogP contribution in [-0.2, 0) is 9.53 Å². The van der Waals surface area contributed by atoms with Crippen molar-refractivity contribution in [3.05, 3.63) is 35.9 Å². The molecule has 100 valence electrons. The van der Waals surface area contributed by atoms with Gasteiger partial charge in [-0.15, -0.1) is 0 Å². The van der Waals surface area contributed by atoms with E-state index in [0.29, 0.717) is 5.92 Å². The van der Waals surface area contributed by atoms with Crippen molar-refractivity contribution in [3.8, 4) is 0 Å². The van der Waals surface area contributed by atoms with Crippen LogP contribution in [0.1, 0.15) is 32.3 Å². The fourth-order valence-corrected chi connectivity index (χ4v) is 1.92. The van der Waals surface area contributed by atoms with Gasteiger partial charge >= 0.3 is 5.97 Å². The number of nitrogens with one attached hydrogen (secondary N) is 1. The van der Waals surface area contributed by atoms with Crippen LogP contribution in [0.2, 0.25) is 0 Å². The van der Waals surface area contributed by atoms with Crippen LogP contribution in [0.4, 0.5) is 0 Å². The lowest BCUT2D eigenvalue weighted by Gasteiger charge is -2.22. The number of rotatable bonds is 6. The first-order valence-electron chi connectivity index (χ1n) is 6.42. The van der Waals surface area contributed by atoms with E-state index in [4.69, 9.17) is 4.74 Å². The van der Waals surface area contributed by atoms with Crippen LogP contribution in [0, 0.1) is 5.92 Å². The summed E-state index contributed by atoms with van der Waals surface area (Å²) in [7, 11) is 1.43. The average Bonchev–Trinajstić information content (AvgIpc) is 2.39. The van der Waals surface area contributed by atoms with Crippen LogP contribution in [0.5, 0.6) is 0 Å². The molecule has 0 saturated carbocycles. The number of hydrogen-bond donors (Lipinski definition) is 1. The van der Waals surface area contributed by atoms with Crippen LogP contribution in [0.15, 0.2) is 30.3 Å². The van der Waals surface area contributed by atoms with E-state index in [9.17, 15) is 4.79 Å². The minimum absolute atomic E-state index is 0.190. The van der Waals surface area contributed by atoms with Gasteiger partial charge in [-0.05, 0) is 17.4 Å². The molecule has 18 heavy (non-hydrogen) atoms. The summed E-state index contributed by atoms with van der Waals surface area (Å²) in [4.78, 5) is 11.6. The van der Waals surface area contributed by atoms with E-state index in [2.05, 4.69) is 24.4 Å². The van der Waals surface area contributed by atoms with Crippen LogP contribution >= 0.6 is 0 Å². The fourth-order valence-electron chi connectivity index (χ4n) is 1.92. The Kier molecular flexibility index (Phi) is 5.86. The number of esters is 1. The first kappa shape index (κ1) is 14.7. The molecule has 0 bridgehead atoms. The fraction of sp³-hybridized carbons (Fsp3) is 0.533. The molecule has 0 saturated heterocycles. The van der Waals surface area contributed by atoms with Gasteiger partial charge in [0.05, 0.1) is 7.11 Å². The molecule has 1 unspecified atom stereocenters. The Balaban J connectivity index is 2.55. The van der Waals surface area contributed by atoms with Crippen molar-refractivity contribution in [1.82, 2.24) is 5.32 Å². The Labute approximate surface area is 110 Å². The van der Waals surface area contributed by atoms with Gasteiger partial charge in [0.1, 0.15) is 6.04 Å². The largest absolute Gasteiger partial charge is 0.468 e. The molecule has 0 aliphatic carbocycles. The molecule has 1 aromatic rings. The highest BCUT2D eigenvalue weighted by atomic mass is 16.5. The summed E-state index contributed by atoms with van der Waals surface area (Å²) in [5.41, 5.74) is 1.28. The Bertz CT molecular complexity index is 362. The third kappa shape index (κ3) is 4.15. The average molecular weight is 249 g/mol. The van der Waals surface area contributed by atoms with Gasteiger partial charge in [0.15, 0.2) is 0 Å². The normalized spacial score (nSPS) is 14.3. The molecule has 1 aromatic carbocycles. The van der Waals surface area contributed by atoms with E-state index in [0.717, 1.165) is 6.54 Å². The Morgan fingerprint density at radius 1 is 1.22 bits per heavy atom. The second-order valence-corrected chi connectivity index (χ2v) is 4.96. The highest BCUT2D eigenvalue weighted by Crippen LogP contribution is 2.14. The van der Waals surface area contributed by atoms with E-state index in [1.165, 1.54) is 12.7 Å². The van der Waals surface area contributed by atoms with Gasteiger partial charge in [-0.25, -0.2) is 0 Å². The molecule has 0 heterocycles. The molecule has 2 atom stereocenters. The number of methoxy groups -OCH3 is 1. The molecule has 1 rings (SSSR count). The SMILES string of the molecule is COC(=O)[C@H](NCC(C)c1ccccc1)C(C)C. The number of carbonyl (C=O) groups is 1. The summed E-state index contributed by atoms with van der Waals surface area (Å²) in [5, 5.41) is 3.29. The van der Waals surface area contributed by atoms with Crippen molar-refractivity contribution in [3.63, 3.8) is 0 Å². The van der Waals surface area contributed by atoms with Gasteiger partial charge in [0, 0.05) is 6.54 Å². The molecule has 0 aliphatic rings. The lowest BCUT2D eigenvalue weighted by molar-refractivity contribution is -0.144. The molecule has 1 N–H and O–H groups in total. The van der Waals surface area contributed by atoms with E-state index in [1.807, 2.05) is 32.0 Å². The number of carbonyl (C=O) groups excluding carboxylic acids is 1. The summed E-state index contributed by atoms with van der Waals surface area (Å²) in [5.74, 6) is 0.405. The van der Waals surface area contributed by atoms with Crippen molar-refractivity contribution >= 4 is 5.97 Å². The lowest BCUT2D eigenvalue weighted by atomic mass is 9.99. The molecular weight excluding hydrogens is 226 g/mol. The second-order valence-electron chi connectivity index (χ2n) is 4.96. The Morgan fingerprint density at radius 2 is 1.83 bits per heavy atom. The van der Waals surface area contributed by atoms with E-state index < -0.39 is 0 Å². The molecular formula is C15H23NO2. The highest BCUT2D eigenvalue weighted by Gasteiger charge is 2.22. The van der Waals surface area contributed by atoms with Crippen molar-refractivity contribution in [2.45, 2.75) is 32.7 Å². The van der Waals surface area contributed by atoms with Gasteiger partial charge < -0.3 is 10.1 Å². The molecule has 0 radical (unpaired) electrons. The standard InChI is InChI=1S/C15H23NO2/c1-11(2)14(15(17)18-4)16-10-12(3)13-8-6-5-7-9-13/h5-9,11-12,14,16H,10H2,1-4H3/t12?,14-/m1/s1. The third-order valence-electron chi connectivity index (χ3n) is 3.13. The zero-order chi connectivity index (χ0) is 13.5. The third-order valence-corrected chi connectivity index (χ3v) is 3.13. The van der Waals surface area contributed by atoms with Crippen LogP contribution < -0.4 is 5.32 Å². The van der Waals surface area contributed by atoms with Crippen molar-refractivity contribution in [2.24, 2.45) is 5.92 Å². The van der Waals surface area contributed by atoms with Crippen molar-refractivity contribution in [2.75, 3.05) is 13.7 Å². The molecule has 3 nitrogen and oxygen atoms in total. The maximum absolute atomic E-state index is 11.6. The van der Waals surface area contributed by atoms with Gasteiger partial charge in [-0.1, -0.05) is 51.1 Å². The molecule has 0 aliphatic heterocycles. The summed E-state index contributed by atoms with van der Waals surface area (Å²) < 4.78 is 4.81. The zero-order valence-corrected chi connectivity index (χ0v) is 11.6. The molecule has 3 heteroatoms. The first-order chi connectivity index (χ1) is 8.56. The maximum atomic E-state index is 11.6. The van der Waals surface area contributed by atoms with E-state index in [1.54, 1.807) is 0 Å². The minimum atomic E-state index is -0.235.